The van der Waals surface area contributed by atoms with Gasteiger partial charge in [-0.25, -0.2) is 0 Å². The van der Waals surface area contributed by atoms with E-state index in [0.29, 0.717) is 16.6 Å². The predicted octanol–water partition coefficient (Wildman–Crippen LogP) is 4.85. The summed E-state index contributed by atoms with van der Waals surface area (Å²) in [6.45, 7) is 3.37. The van der Waals surface area contributed by atoms with Crippen LogP contribution in [-0.4, -0.2) is 23.6 Å². The topological polar surface area (TPSA) is 44.4 Å². The van der Waals surface area contributed by atoms with E-state index in [1.165, 1.54) is 24.9 Å². The van der Waals surface area contributed by atoms with E-state index in [1.807, 2.05) is 12.1 Å². The SMILES string of the molecule is C[C@H]1CCCCN1c1ccc(NC(=S)NC(=O)c2ccccc2Cl)cc1. The average Bonchev–Trinajstić information content (AvgIpc) is 2.63. The van der Waals surface area contributed by atoms with Crippen LogP contribution in [0.5, 0.6) is 0 Å². The predicted molar refractivity (Wildman–Crippen MR) is 112 cm³/mol. The molecule has 0 radical (unpaired) electrons. The van der Waals surface area contributed by atoms with Gasteiger partial charge in [0.25, 0.3) is 5.91 Å². The number of nitrogens with one attached hydrogen (secondary N) is 2. The van der Waals surface area contributed by atoms with Crippen LogP contribution in [0.15, 0.2) is 48.5 Å². The van der Waals surface area contributed by atoms with Crippen molar-refractivity contribution < 1.29 is 4.79 Å². The van der Waals surface area contributed by atoms with Gasteiger partial charge in [-0.3, -0.25) is 10.1 Å². The number of anilines is 2. The lowest BCUT2D eigenvalue weighted by Crippen LogP contribution is -2.37. The molecule has 1 aliphatic rings. The zero-order valence-corrected chi connectivity index (χ0v) is 16.2. The third kappa shape index (κ3) is 4.54. The zero-order valence-electron chi connectivity index (χ0n) is 14.7. The van der Waals surface area contributed by atoms with E-state index in [2.05, 4.69) is 34.6 Å². The minimum atomic E-state index is -0.327. The van der Waals surface area contributed by atoms with Crippen LogP contribution in [0.1, 0.15) is 36.5 Å². The Bertz CT molecular complexity index is 794. The molecule has 1 saturated heterocycles. The highest BCUT2D eigenvalue weighted by atomic mass is 35.5. The van der Waals surface area contributed by atoms with Gasteiger partial charge in [0.05, 0.1) is 10.6 Å². The quantitative estimate of drug-likeness (QED) is 0.739. The molecular weight excluding hydrogens is 366 g/mol. The number of carbonyl (C=O) groups is 1. The highest BCUT2D eigenvalue weighted by molar-refractivity contribution is 7.80. The van der Waals surface area contributed by atoms with Crippen molar-refractivity contribution in [3.05, 3.63) is 59.1 Å². The number of benzene rings is 2. The summed E-state index contributed by atoms with van der Waals surface area (Å²) in [5, 5.41) is 6.34. The molecule has 0 spiro atoms. The van der Waals surface area contributed by atoms with Crippen LogP contribution < -0.4 is 15.5 Å². The van der Waals surface area contributed by atoms with Crippen molar-refractivity contribution in [2.75, 3.05) is 16.8 Å². The molecule has 0 unspecified atom stereocenters. The van der Waals surface area contributed by atoms with Gasteiger partial charge in [-0.1, -0.05) is 23.7 Å². The van der Waals surface area contributed by atoms with Crippen LogP contribution in [0.4, 0.5) is 11.4 Å². The Kier molecular flexibility index (Phi) is 6.12. The first-order chi connectivity index (χ1) is 12.5. The number of rotatable bonds is 3. The zero-order chi connectivity index (χ0) is 18.5. The van der Waals surface area contributed by atoms with Crippen LogP contribution in [-0.2, 0) is 0 Å². The number of thiocarbonyl (C=S) groups is 1. The van der Waals surface area contributed by atoms with E-state index in [-0.39, 0.29) is 11.0 Å². The van der Waals surface area contributed by atoms with Gasteiger partial charge in [-0.2, -0.15) is 0 Å². The van der Waals surface area contributed by atoms with Gasteiger partial charge in [0.15, 0.2) is 5.11 Å². The molecule has 136 valence electrons. The van der Waals surface area contributed by atoms with Crippen molar-refractivity contribution in [2.45, 2.75) is 32.2 Å². The molecule has 1 fully saturated rings. The minimum Gasteiger partial charge on any atom is -0.369 e. The number of nitrogens with zero attached hydrogens (tertiary/aromatic N) is 1. The Morgan fingerprint density at radius 3 is 2.58 bits per heavy atom. The lowest BCUT2D eigenvalue weighted by molar-refractivity contribution is 0.0978. The van der Waals surface area contributed by atoms with Crippen LogP contribution in [0, 0.1) is 0 Å². The van der Waals surface area contributed by atoms with Crippen molar-refractivity contribution in [2.24, 2.45) is 0 Å². The molecule has 0 bridgehead atoms. The van der Waals surface area contributed by atoms with Gasteiger partial charge in [-0.05, 0) is 74.8 Å². The Morgan fingerprint density at radius 2 is 1.88 bits per heavy atom. The summed E-state index contributed by atoms with van der Waals surface area (Å²) in [5.41, 5.74) is 2.45. The molecule has 0 aromatic heterocycles. The molecule has 6 heteroatoms. The summed E-state index contributed by atoms with van der Waals surface area (Å²) in [6, 6.07) is 15.6. The van der Waals surface area contributed by atoms with Crippen molar-refractivity contribution in [3.8, 4) is 0 Å². The van der Waals surface area contributed by atoms with Crippen molar-refractivity contribution in [1.29, 1.82) is 0 Å². The van der Waals surface area contributed by atoms with E-state index >= 15 is 0 Å². The second-order valence-electron chi connectivity index (χ2n) is 6.47. The Hall–Kier alpha value is -2.11. The third-order valence-electron chi connectivity index (χ3n) is 4.61. The number of piperidine rings is 1. The Morgan fingerprint density at radius 1 is 1.15 bits per heavy atom. The number of hydrogen-bond donors (Lipinski definition) is 2. The highest BCUT2D eigenvalue weighted by Crippen LogP contribution is 2.25. The van der Waals surface area contributed by atoms with Gasteiger partial charge >= 0.3 is 0 Å². The first-order valence-corrected chi connectivity index (χ1v) is 9.57. The third-order valence-corrected chi connectivity index (χ3v) is 5.14. The number of carbonyl (C=O) groups excluding carboxylic acids is 1. The molecule has 4 nitrogen and oxygen atoms in total. The van der Waals surface area contributed by atoms with Gasteiger partial charge in [0.2, 0.25) is 0 Å². The molecule has 1 heterocycles. The Balaban J connectivity index is 1.59. The van der Waals surface area contributed by atoms with E-state index in [9.17, 15) is 4.79 Å². The maximum Gasteiger partial charge on any atom is 0.258 e. The van der Waals surface area contributed by atoms with Crippen LogP contribution in [0.25, 0.3) is 0 Å². The van der Waals surface area contributed by atoms with Gasteiger partial charge < -0.3 is 10.2 Å². The van der Waals surface area contributed by atoms with Crippen LogP contribution >= 0.6 is 23.8 Å². The second kappa shape index (κ2) is 8.52. The van der Waals surface area contributed by atoms with E-state index in [4.69, 9.17) is 23.8 Å². The highest BCUT2D eigenvalue weighted by Gasteiger charge is 2.18. The molecule has 2 aromatic carbocycles. The first kappa shape index (κ1) is 18.7. The number of hydrogen-bond acceptors (Lipinski definition) is 3. The smallest absolute Gasteiger partial charge is 0.258 e. The first-order valence-electron chi connectivity index (χ1n) is 8.78. The Labute approximate surface area is 164 Å². The summed E-state index contributed by atoms with van der Waals surface area (Å²) >= 11 is 11.3. The minimum absolute atomic E-state index is 0.244. The van der Waals surface area contributed by atoms with Crippen LogP contribution in [0.2, 0.25) is 5.02 Å². The molecule has 26 heavy (non-hydrogen) atoms. The second-order valence-corrected chi connectivity index (χ2v) is 7.29. The number of halogens is 1. The summed E-state index contributed by atoms with van der Waals surface area (Å²) in [5.74, 6) is -0.327. The average molecular weight is 388 g/mol. The summed E-state index contributed by atoms with van der Waals surface area (Å²) in [7, 11) is 0. The van der Waals surface area contributed by atoms with Crippen LogP contribution in [0.3, 0.4) is 0 Å². The molecule has 1 aliphatic heterocycles. The molecule has 0 saturated carbocycles. The summed E-state index contributed by atoms with van der Waals surface area (Å²) < 4.78 is 0. The van der Waals surface area contributed by atoms with Gasteiger partial charge in [0, 0.05) is 24.0 Å². The molecule has 2 aromatic rings. The van der Waals surface area contributed by atoms with Gasteiger partial charge in [0.1, 0.15) is 0 Å². The molecule has 2 N–H and O–H groups in total. The molecule has 1 amide bonds. The fraction of sp³-hybridized carbons (Fsp3) is 0.300. The largest absolute Gasteiger partial charge is 0.369 e. The molecular formula is C20H22ClN3OS. The normalized spacial score (nSPS) is 16.8. The van der Waals surface area contributed by atoms with Crippen molar-refractivity contribution >= 4 is 46.2 Å². The summed E-state index contributed by atoms with van der Waals surface area (Å²) in [4.78, 5) is 14.7. The maximum atomic E-state index is 12.2. The fourth-order valence-electron chi connectivity index (χ4n) is 3.20. The van der Waals surface area contributed by atoms with E-state index in [1.54, 1.807) is 24.3 Å². The molecule has 3 rings (SSSR count). The molecule has 1 atom stereocenters. The van der Waals surface area contributed by atoms with E-state index < -0.39 is 0 Å². The lowest BCUT2D eigenvalue weighted by Gasteiger charge is -2.35. The maximum absolute atomic E-state index is 12.2. The van der Waals surface area contributed by atoms with Crippen molar-refractivity contribution in [1.82, 2.24) is 5.32 Å². The monoisotopic (exact) mass is 387 g/mol. The molecule has 0 aliphatic carbocycles. The van der Waals surface area contributed by atoms with Crippen molar-refractivity contribution in [3.63, 3.8) is 0 Å². The van der Waals surface area contributed by atoms with E-state index in [0.717, 1.165) is 12.2 Å². The number of amides is 1. The lowest BCUT2D eigenvalue weighted by atomic mass is 10.0. The fourth-order valence-corrected chi connectivity index (χ4v) is 3.63. The van der Waals surface area contributed by atoms with Gasteiger partial charge in [-0.15, -0.1) is 0 Å². The standard InChI is InChI=1S/C20H22ClN3OS/c1-14-6-4-5-13-24(14)16-11-9-15(10-12-16)22-20(26)23-19(25)17-7-2-3-8-18(17)21/h2-3,7-12,14H,4-6,13H2,1H3,(H2,22,23,25,26)/t14-/m0/s1. The summed E-state index contributed by atoms with van der Waals surface area (Å²) in [6.07, 6.45) is 3.78.